The molecule has 0 amide bonds. The van der Waals surface area contributed by atoms with Gasteiger partial charge in [-0.1, -0.05) is 0 Å². The summed E-state index contributed by atoms with van der Waals surface area (Å²) in [5.41, 5.74) is 3.14. The fourth-order valence-electron chi connectivity index (χ4n) is 3.30. The van der Waals surface area contributed by atoms with Gasteiger partial charge in [0, 0.05) is 43.9 Å². The molecule has 4 aliphatic heterocycles. The minimum Gasteiger partial charge on any atom is -0.496 e. The van der Waals surface area contributed by atoms with E-state index < -0.39 is 21.6 Å². The maximum absolute atomic E-state index is 12.9. The summed E-state index contributed by atoms with van der Waals surface area (Å²) in [6, 6.07) is 7.31. The number of hydrogen-bond acceptors (Lipinski definition) is 6. The van der Waals surface area contributed by atoms with Crippen molar-refractivity contribution in [3.05, 3.63) is 46.5 Å². The van der Waals surface area contributed by atoms with Crippen molar-refractivity contribution in [2.24, 2.45) is 0 Å². The fraction of sp³-hybridized carbons (Fsp3) is 0.400. The highest BCUT2D eigenvalue weighted by atomic mass is 32.2. The smallest absolute Gasteiger partial charge is 0.123 e. The second-order valence-corrected chi connectivity index (χ2v) is 9.32. The molecule has 28 heavy (non-hydrogen) atoms. The molecule has 0 unspecified atom stereocenters. The molecule has 0 radical (unpaired) electrons. The normalized spacial score (nSPS) is 19.1. The van der Waals surface area contributed by atoms with Crippen LogP contribution in [0.5, 0.6) is 23.0 Å². The summed E-state index contributed by atoms with van der Waals surface area (Å²) in [6.07, 6.45) is 0. The third kappa shape index (κ3) is 4.33. The first kappa shape index (κ1) is 20.7. The van der Waals surface area contributed by atoms with Crippen LogP contribution in [0, 0.1) is 0 Å². The van der Waals surface area contributed by atoms with Crippen LogP contribution in [0.3, 0.4) is 0 Å². The lowest BCUT2D eigenvalue weighted by molar-refractivity contribution is 0.396. The molecule has 0 aromatic heterocycles. The molecule has 0 saturated carbocycles. The summed E-state index contributed by atoms with van der Waals surface area (Å²) in [6.45, 7) is 0. The maximum atomic E-state index is 12.9. The van der Waals surface area contributed by atoms with E-state index in [9.17, 15) is 8.42 Å². The minimum atomic E-state index is -1.20. The zero-order chi connectivity index (χ0) is 20.3. The van der Waals surface area contributed by atoms with Gasteiger partial charge in [-0.05, 0) is 24.3 Å². The summed E-state index contributed by atoms with van der Waals surface area (Å²) in [5, 5.41) is 0. The molecule has 6 rings (SSSR count). The molecule has 0 spiro atoms. The van der Waals surface area contributed by atoms with Crippen molar-refractivity contribution in [2.75, 3.05) is 28.4 Å². The highest BCUT2D eigenvalue weighted by Gasteiger charge is 2.20. The Morgan fingerprint density at radius 1 is 0.536 bits per heavy atom. The van der Waals surface area contributed by atoms with E-state index in [0.29, 0.717) is 46.0 Å². The van der Waals surface area contributed by atoms with Crippen molar-refractivity contribution in [3.8, 4) is 23.0 Å². The van der Waals surface area contributed by atoms with E-state index in [-0.39, 0.29) is 0 Å². The van der Waals surface area contributed by atoms with Gasteiger partial charge in [0.05, 0.1) is 51.5 Å². The van der Waals surface area contributed by atoms with Crippen LogP contribution in [-0.4, -0.2) is 36.9 Å². The van der Waals surface area contributed by atoms with Gasteiger partial charge in [0.2, 0.25) is 0 Å². The van der Waals surface area contributed by atoms with Crippen LogP contribution >= 0.6 is 0 Å². The molecule has 8 heteroatoms. The molecule has 2 aromatic carbocycles. The number of methoxy groups -OCH3 is 4. The monoisotopic (exact) mass is 424 g/mol. The second-order valence-electron chi connectivity index (χ2n) is 6.41. The van der Waals surface area contributed by atoms with E-state index in [1.54, 1.807) is 28.4 Å². The number of benzene rings is 2. The molecule has 2 aromatic rings. The van der Waals surface area contributed by atoms with Crippen LogP contribution in [-0.2, 0) is 44.6 Å². The predicted octanol–water partition coefficient (Wildman–Crippen LogP) is 2.93. The Labute approximate surface area is 170 Å². The molecule has 0 saturated heterocycles. The molecule has 6 nitrogen and oxygen atoms in total. The zero-order valence-corrected chi connectivity index (χ0v) is 18.0. The Balaban J connectivity index is 2.14. The highest BCUT2D eigenvalue weighted by Crippen LogP contribution is 2.35. The molecule has 0 fully saturated rings. The van der Waals surface area contributed by atoms with Gasteiger partial charge in [0.15, 0.2) is 0 Å². The molecule has 4 aliphatic rings. The van der Waals surface area contributed by atoms with Crippen molar-refractivity contribution < 1.29 is 27.4 Å². The summed E-state index contributed by atoms with van der Waals surface area (Å²) < 4.78 is 47.7. The van der Waals surface area contributed by atoms with Crippen molar-refractivity contribution >= 4 is 21.6 Å². The third-order valence-electron chi connectivity index (χ3n) is 4.63. The molecular weight excluding hydrogens is 400 g/mol. The van der Waals surface area contributed by atoms with Crippen molar-refractivity contribution in [2.45, 2.75) is 23.0 Å². The van der Waals surface area contributed by atoms with E-state index in [2.05, 4.69) is 0 Å². The van der Waals surface area contributed by atoms with Gasteiger partial charge >= 0.3 is 0 Å². The van der Waals surface area contributed by atoms with E-state index in [4.69, 9.17) is 18.9 Å². The van der Waals surface area contributed by atoms with E-state index >= 15 is 0 Å². The topological polar surface area (TPSA) is 71.1 Å². The van der Waals surface area contributed by atoms with Crippen molar-refractivity contribution in [3.63, 3.8) is 0 Å². The molecular formula is C20H24O6S2. The lowest BCUT2D eigenvalue weighted by atomic mass is 10.1. The molecule has 0 N–H and O–H groups in total. The van der Waals surface area contributed by atoms with Gasteiger partial charge in [-0.3, -0.25) is 8.42 Å². The van der Waals surface area contributed by atoms with Crippen LogP contribution in [0.2, 0.25) is 0 Å². The second kappa shape index (κ2) is 8.96. The van der Waals surface area contributed by atoms with Gasteiger partial charge < -0.3 is 18.9 Å². The molecule has 4 bridgehead atoms. The van der Waals surface area contributed by atoms with Crippen LogP contribution in [0.4, 0.5) is 0 Å². The minimum absolute atomic E-state index is 0.302. The first-order valence-corrected chi connectivity index (χ1v) is 11.6. The largest absolute Gasteiger partial charge is 0.496 e. The average molecular weight is 425 g/mol. The van der Waals surface area contributed by atoms with Crippen LogP contribution < -0.4 is 18.9 Å². The first-order chi connectivity index (χ1) is 13.5. The van der Waals surface area contributed by atoms with Crippen LogP contribution in [0.1, 0.15) is 22.3 Å². The van der Waals surface area contributed by atoms with Crippen molar-refractivity contribution in [1.29, 1.82) is 0 Å². The molecule has 0 atom stereocenters. The average Bonchev–Trinajstić information content (AvgIpc) is 2.68. The lowest BCUT2D eigenvalue weighted by Gasteiger charge is -2.18. The fourth-order valence-corrected chi connectivity index (χ4v) is 5.79. The quantitative estimate of drug-likeness (QED) is 0.752. The van der Waals surface area contributed by atoms with E-state index in [0.717, 1.165) is 22.3 Å². The summed E-state index contributed by atoms with van der Waals surface area (Å²) in [7, 11) is 3.89. The van der Waals surface area contributed by atoms with Gasteiger partial charge in [-0.2, -0.15) is 0 Å². The van der Waals surface area contributed by atoms with Crippen LogP contribution in [0.25, 0.3) is 0 Å². The Morgan fingerprint density at radius 3 is 0.929 bits per heavy atom. The highest BCUT2D eigenvalue weighted by molar-refractivity contribution is 7.83. The first-order valence-electron chi connectivity index (χ1n) is 8.66. The van der Waals surface area contributed by atoms with Crippen LogP contribution in [0.15, 0.2) is 24.3 Å². The number of hydrogen-bond donors (Lipinski definition) is 0. The molecule has 0 aliphatic carbocycles. The molecule has 4 heterocycles. The summed E-state index contributed by atoms with van der Waals surface area (Å²) in [4.78, 5) is 0. The third-order valence-corrected chi connectivity index (χ3v) is 7.16. The Kier molecular flexibility index (Phi) is 6.61. The lowest BCUT2D eigenvalue weighted by Crippen LogP contribution is -2.09. The maximum Gasteiger partial charge on any atom is 0.123 e. The van der Waals surface area contributed by atoms with E-state index in [1.807, 2.05) is 24.3 Å². The SMILES string of the molecule is COc1cc2c(OC)cc1CS(=O)Cc1cc(OC)c(cc1OC)CS(=O)C2. The Morgan fingerprint density at radius 2 is 0.750 bits per heavy atom. The standard InChI is InChI=1S/C20H24O6S2/c1-23-17-5-14-10-28(22)12-16-8-19(25-3)15(7-20(16)26-4)11-27(21)9-13(17)6-18(14)24-2/h5-8H,9-12H2,1-4H3. The Bertz CT molecular complexity index is 778. The summed E-state index contributed by atoms with van der Waals surface area (Å²) >= 11 is 0. The Hall–Kier alpha value is -2.06. The van der Waals surface area contributed by atoms with Gasteiger partial charge in [-0.25, -0.2) is 0 Å². The zero-order valence-electron chi connectivity index (χ0n) is 16.4. The number of ether oxygens (including phenoxy) is 4. The van der Waals surface area contributed by atoms with Gasteiger partial charge in [-0.15, -0.1) is 0 Å². The predicted molar refractivity (Wildman–Crippen MR) is 110 cm³/mol. The molecule has 152 valence electrons. The summed E-state index contributed by atoms with van der Waals surface area (Å²) in [5.74, 6) is 3.69. The number of rotatable bonds is 4. The van der Waals surface area contributed by atoms with Gasteiger partial charge in [0.25, 0.3) is 0 Å². The van der Waals surface area contributed by atoms with Gasteiger partial charge in [0.1, 0.15) is 23.0 Å². The van der Waals surface area contributed by atoms with E-state index in [1.165, 1.54) is 0 Å². The van der Waals surface area contributed by atoms with Crippen molar-refractivity contribution in [1.82, 2.24) is 0 Å².